The fourth-order valence-corrected chi connectivity index (χ4v) is 1.80. The third-order valence-corrected chi connectivity index (χ3v) is 3.25. The SMILES string of the molecule is CC(C)CNC(C)(C(=O)O)c1ccc(N(C)C)cc1. The highest BCUT2D eigenvalue weighted by molar-refractivity contribution is 5.80. The Bertz CT molecular complexity index is 426. The normalized spacial score (nSPS) is 14.2. The van der Waals surface area contributed by atoms with Crippen molar-refractivity contribution in [1.82, 2.24) is 5.32 Å². The first-order valence-corrected chi connectivity index (χ1v) is 6.53. The molecule has 0 amide bonds. The van der Waals surface area contributed by atoms with Gasteiger partial charge in [-0.1, -0.05) is 26.0 Å². The Hall–Kier alpha value is -1.55. The van der Waals surface area contributed by atoms with E-state index in [4.69, 9.17) is 0 Å². The summed E-state index contributed by atoms with van der Waals surface area (Å²) in [6.45, 7) is 6.50. The van der Waals surface area contributed by atoms with Crippen LogP contribution in [-0.4, -0.2) is 31.7 Å². The van der Waals surface area contributed by atoms with Crippen LogP contribution in [0.4, 0.5) is 5.69 Å². The van der Waals surface area contributed by atoms with Crippen LogP contribution >= 0.6 is 0 Å². The number of benzene rings is 1. The number of carbonyl (C=O) groups is 1. The van der Waals surface area contributed by atoms with Crippen LogP contribution in [0.1, 0.15) is 26.3 Å². The van der Waals surface area contributed by atoms with Gasteiger partial charge in [-0.05, 0) is 37.1 Å². The number of hydrogen-bond donors (Lipinski definition) is 2. The molecule has 0 fully saturated rings. The molecule has 1 atom stereocenters. The van der Waals surface area contributed by atoms with Gasteiger partial charge in [-0.15, -0.1) is 0 Å². The van der Waals surface area contributed by atoms with E-state index in [2.05, 4.69) is 19.2 Å². The molecule has 0 aliphatic rings. The quantitative estimate of drug-likeness (QED) is 0.828. The Morgan fingerprint density at radius 2 is 1.84 bits per heavy atom. The lowest BCUT2D eigenvalue weighted by Crippen LogP contribution is -2.48. The maximum Gasteiger partial charge on any atom is 0.328 e. The predicted octanol–water partition coefficient (Wildman–Crippen LogP) is 2.30. The molecule has 0 spiro atoms. The van der Waals surface area contributed by atoms with Crippen LogP contribution in [-0.2, 0) is 10.3 Å². The first-order chi connectivity index (χ1) is 8.77. The zero-order chi connectivity index (χ0) is 14.6. The van der Waals surface area contributed by atoms with Gasteiger partial charge >= 0.3 is 5.97 Å². The average Bonchev–Trinajstić information content (AvgIpc) is 2.35. The van der Waals surface area contributed by atoms with Crippen molar-refractivity contribution in [3.63, 3.8) is 0 Å². The molecule has 1 aromatic rings. The molecule has 0 aliphatic carbocycles. The van der Waals surface area contributed by atoms with E-state index in [1.807, 2.05) is 43.3 Å². The van der Waals surface area contributed by atoms with Crippen molar-refractivity contribution in [1.29, 1.82) is 0 Å². The molecular weight excluding hydrogens is 240 g/mol. The second-order valence-corrected chi connectivity index (χ2v) is 5.65. The summed E-state index contributed by atoms with van der Waals surface area (Å²) in [7, 11) is 3.92. The number of hydrogen-bond acceptors (Lipinski definition) is 3. The van der Waals surface area contributed by atoms with Gasteiger partial charge in [-0.25, -0.2) is 4.79 Å². The third-order valence-electron chi connectivity index (χ3n) is 3.25. The maximum atomic E-state index is 11.6. The molecule has 0 radical (unpaired) electrons. The summed E-state index contributed by atoms with van der Waals surface area (Å²) in [4.78, 5) is 13.6. The third kappa shape index (κ3) is 3.70. The minimum absolute atomic E-state index is 0.403. The molecule has 1 rings (SSSR count). The van der Waals surface area contributed by atoms with Crippen LogP contribution in [0, 0.1) is 5.92 Å². The molecular formula is C15H24N2O2. The molecule has 0 saturated heterocycles. The average molecular weight is 264 g/mol. The van der Waals surface area contributed by atoms with E-state index < -0.39 is 11.5 Å². The van der Waals surface area contributed by atoms with E-state index in [0.29, 0.717) is 12.5 Å². The fraction of sp³-hybridized carbons (Fsp3) is 0.533. The number of nitrogens with one attached hydrogen (secondary N) is 1. The molecule has 4 heteroatoms. The van der Waals surface area contributed by atoms with Gasteiger partial charge in [0.05, 0.1) is 0 Å². The lowest BCUT2D eigenvalue weighted by atomic mass is 9.91. The van der Waals surface area contributed by atoms with Crippen LogP contribution in [0.2, 0.25) is 0 Å². The van der Waals surface area contributed by atoms with Gasteiger partial charge < -0.3 is 10.0 Å². The van der Waals surface area contributed by atoms with E-state index in [0.717, 1.165) is 11.3 Å². The standard InChI is InChI=1S/C15H24N2O2/c1-11(2)10-16-15(3,14(18)19)12-6-8-13(9-7-12)17(4)5/h6-9,11,16H,10H2,1-5H3,(H,18,19). The second kappa shape index (κ2) is 6.06. The van der Waals surface area contributed by atoms with E-state index in [1.165, 1.54) is 0 Å². The van der Waals surface area contributed by atoms with Crippen molar-refractivity contribution >= 4 is 11.7 Å². The smallest absolute Gasteiger partial charge is 0.328 e. The van der Waals surface area contributed by atoms with Crippen molar-refractivity contribution in [3.05, 3.63) is 29.8 Å². The molecule has 0 aromatic heterocycles. The van der Waals surface area contributed by atoms with Gasteiger partial charge in [-0.2, -0.15) is 0 Å². The molecule has 106 valence electrons. The number of nitrogens with zero attached hydrogens (tertiary/aromatic N) is 1. The first kappa shape index (κ1) is 15.5. The highest BCUT2D eigenvalue weighted by Gasteiger charge is 2.34. The van der Waals surface area contributed by atoms with Gasteiger partial charge in [0.15, 0.2) is 0 Å². The Morgan fingerprint density at radius 1 is 1.32 bits per heavy atom. The predicted molar refractivity (Wildman–Crippen MR) is 78.6 cm³/mol. The zero-order valence-corrected chi connectivity index (χ0v) is 12.4. The van der Waals surface area contributed by atoms with Crippen LogP contribution in [0.5, 0.6) is 0 Å². The molecule has 4 nitrogen and oxygen atoms in total. The van der Waals surface area contributed by atoms with Crippen LogP contribution in [0.3, 0.4) is 0 Å². The fourth-order valence-electron chi connectivity index (χ4n) is 1.80. The molecule has 0 bridgehead atoms. The minimum atomic E-state index is -1.05. The first-order valence-electron chi connectivity index (χ1n) is 6.53. The largest absolute Gasteiger partial charge is 0.480 e. The van der Waals surface area contributed by atoms with Crippen molar-refractivity contribution in [3.8, 4) is 0 Å². The Labute approximate surface area is 115 Å². The van der Waals surface area contributed by atoms with E-state index >= 15 is 0 Å². The van der Waals surface area contributed by atoms with Gasteiger partial charge in [-0.3, -0.25) is 5.32 Å². The Balaban J connectivity index is 3.01. The van der Waals surface area contributed by atoms with Gasteiger partial charge in [0.1, 0.15) is 5.54 Å². The highest BCUT2D eigenvalue weighted by atomic mass is 16.4. The lowest BCUT2D eigenvalue weighted by Gasteiger charge is -2.28. The van der Waals surface area contributed by atoms with E-state index in [9.17, 15) is 9.90 Å². The van der Waals surface area contributed by atoms with Gasteiger partial charge in [0, 0.05) is 19.8 Å². The molecule has 2 N–H and O–H groups in total. The number of carboxylic acid groups (broad SMARTS) is 1. The van der Waals surface area contributed by atoms with Crippen molar-refractivity contribution in [2.75, 3.05) is 25.5 Å². The summed E-state index contributed by atoms with van der Waals surface area (Å²) >= 11 is 0. The minimum Gasteiger partial charge on any atom is -0.480 e. The number of rotatable bonds is 6. The molecule has 0 heterocycles. The number of aliphatic carboxylic acids is 1. The van der Waals surface area contributed by atoms with Crippen molar-refractivity contribution in [2.45, 2.75) is 26.3 Å². The lowest BCUT2D eigenvalue weighted by molar-refractivity contribution is -0.144. The van der Waals surface area contributed by atoms with Crippen LogP contribution in [0.25, 0.3) is 0 Å². The summed E-state index contributed by atoms with van der Waals surface area (Å²) in [5.74, 6) is -0.453. The van der Waals surface area contributed by atoms with E-state index in [1.54, 1.807) is 6.92 Å². The van der Waals surface area contributed by atoms with Gasteiger partial charge in [0.25, 0.3) is 0 Å². The molecule has 1 aromatic carbocycles. The Kier molecular flexibility index (Phi) is 4.95. The van der Waals surface area contributed by atoms with Gasteiger partial charge in [0.2, 0.25) is 0 Å². The molecule has 0 aliphatic heterocycles. The number of anilines is 1. The Morgan fingerprint density at radius 3 is 2.21 bits per heavy atom. The summed E-state index contributed by atoms with van der Waals surface area (Å²) < 4.78 is 0. The molecule has 1 unspecified atom stereocenters. The summed E-state index contributed by atoms with van der Waals surface area (Å²) in [6, 6.07) is 7.62. The van der Waals surface area contributed by atoms with Crippen LogP contribution < -0.4 is 10.2 Å². The monoisotopic (exact) mass is 264 g/mol. The van der Waals surface area contributed by atoms with Crippen LogP contribution in [0.15, 0.2) is 24.3 Å². The van der Waals surface area contributed by atoms with Crippen molar-refractivity contribution < 1.29 is 9.90 Å². The number of carboxylic acids is 1. The molecule has 0 saturated carbocycles. The summed E-state index contributed by atoms with van der Waals surface area (Å²) in [5.41, 5.74) is 0.779. The van der Waals surface area contributed by atoms with Crippen molar-refractivity contribution in [2.24, 2.45) is 5.92 Å². The topological polar surface area (TPSA) is 52.6 Å². The summed E-state index contributed by atoms with van der Waals surface area (Å²) in [5, 5.41) is 12.7. The molecule has 19 heavy (non-hydrogen) atoms. The second-order valence-electron chi connectivity index (χ2n) is 5.65. The highest BCUT2D eigenvalue weighted by Crippen LogP contribution is 2.24. The summed E-state index contributed by atoms with van der Waals surface area (Å²) in [6.07, 6.45) is 0. The maximum absolute atomic E-state index is 11.6. The van der Waals surface area contributed by atoms with E-state index in [-0.39, 0.29) is 0 Å². The zero-order valence-electron chi connectivity index (χ0n) is 12.4.